The number of benzene rings is 1. The third kappa shape index (κ3) is 4.54. The van der Waals surface area contributed by atoms with E-state index in [1.807, 2.05) is 6.92 Å². The average Bonchev–Trinajstić information content (AvgIpc) is 3.28. The number of nitrogens with one attached hydrogen (secondary N) is 1. The summed E-state index contributed by atoms with van der Waals surface area (Å²) in [5.74, 6) is -0.419. The molecule has 11 heteroatoms. The molecule has 0 bridgehead atoms. The largest absolute Gasteiger partial charge is 0.416 e. The summed E-state index contributed by atoms with van der Waals surface area (Å²) in [5, 5.41) is 8.60. The van der Waals surface area contributed by atoms with Gasteiger partial charge in [-0.15, -0.1) is 11.3 Å². The van der Waals surface area contributed by atoms with Crippen molar-refractivity contribution in [2.45, 2.75) is 33.0 Å². The van der Waals surface area contributed by atoms with Crippen LogP contribution in [0.4, 0.5) is 13.2 Å². The minimum Gasteiger partial charge on any atom is -0.352 e. The van der Waals surface area contributed by atoms with Gasteiger partial charge >= 0.3 is 6.18 Å². The van der Waals surface area contributed by atoms with Crippen molar-refractivity contribution in [2.24, 2.45) is 7.05 Å². The molecule has 0 aliphatic rings. The van der Waals surface area contributed by atoms with E-state index in [9.17, 15) is 22.8 Å². The lowest BCUT2D eigenvalue weighted by atomic mass is 10.1. The third-order valence-electron chi connectivity index (χ3n) is 5.16. The molecule has 1 N–H and O–H groups in total. The highest BCUT2D eigenvalue weighted by molar-refractivity contribution is 7.15. The second kappa shape index (κ2) is 8.47. The van der Waals surface area contributed by atoms with Gasteiger partial charge in [-0.2, -0.15) is 18.3 Å². The molecule has 0 aliphatic heterocycles. The lowest BCUT2D eigenvalue weighted by Gasteiger charge is -2.10. The zero-order valence-electron chi connectivity index (χ0n) is 18.0. The van der Waals surface area contributed by atoms with Crippen LogP contribution in [0, 0.1) is 13.8 Å². The maximum atomic E-state index is 13.3. The van der Waals surface area contributed by atoms with E-state index in [2.05, 4.69) is 15.4 Å². The zero-order chi connectivity index (χ0) is 23.9. The number of fused-ring (bicyclic) bond motifs is 1. The van der Waals surface area contributed by atoms with E-state index in [4.69, 9.17) is 0 Å². The topological polar surface area (TPSA) is 81.3 Å². The molecule has 0 unspecified atom stereocenters. The summed E-state index contributed by atoms with van der Waals surface area (Å²) in [5.41, 5.74) is 2.06. The van der Waals surface area contributed by atoms with E-state index in [0.717, 1.165) is 17.8 Å². The first-order chi connectivity index (χ1) is 15.5. The molecule has 0 saturated carbocycles. The van der Waals surface area contributed by atoms with Crippen LogP contribution in [-0.2, 0) is 31.0 Å². The van der Waals surface area contributed by atoms with Gasteiger partial charge in [0.05, 0.1) is 34.6 Å². The van der Waals surface area contributed by atoms with Crippen molar-refractivity contribution in [3.05, 3.63) is 74.3 Å². The van der Waals surface area contributed by atoms with E-state index in [0.29, 0.717) is 33.2 Å². The number of hydrogen-bond donors (Lipinski definition) is 1. The van der Waals surface area contributed by atoms with Gasteiger partial charge in [-0.3, -0.25) is 18.7 Å². The van der Waals surface area contributed by atoms with Crippen molar-refractivity contribution >= 4 is 22.2 Å². The van der Waals surface area contributed by atoms with Crippen molar-refractivity contribution in [3.8, 4) is 11.3 Å². The molecule has 0 atom stereocenters. The summed E-state index contributed by atoms with van der Waals surface area (Å²) in [6, 6.07) is 6.58. The molecule has 1 amide bonds. The smallest absolute Gasteiger partial charge is 0.352 e. The predicted octanol–water partition coefficient (Wildman–Crippen LogP) is 3.65. The van der Waals surface area contributed by atoms with Crippen LogP contribution in [-0.4, -0.2) is 25.1 Å². The van der Waals surface area contributed by atoms with Crippen LogP contribution in [0.1, 0.15) is 28.2 Å². The van der Waals surface area contributed by atoms with Gasteiger partial charge in [0.25, 0.3) is 5.56 Å². The Kier molecular flexibility index (Phi) is 5.83. The summed E-state index contributed by atoms with van der Waals surface area (Å²) >= 11 is 1.24. The summed E-state index contributed by atoms with van der Waals surface area (Å²) < 4.78 is 41.7. The number of carbonyl (C=O) groups excluding carboxylic acids is 1. The monoisotopic (exact) mass is 475 g/mol. The van der Waals surface area contributed by atoms with Crippen molar-refractivity contribution in [2.75, 3.05) is 0 Å². The van der Waals surface area contributed by atoms with Crippen LogP contribution in [0.15, 0.2) is 40.5 Å². The van der Waals surface area contributed by atoms with Crippen LogP contribution in [0.3, 0.4) is 0 Å². The van der Waals surface area contributed by atoms with Gasteiger partial charge in [0.1, 0.15) is 0 Å². The first kappa shape index (κ1) is 22.7. The summed E-state index contributed by atoms with van der Waals surface area (Å²) in [7, 11) is 1.74. The molecule has 0 radical (unpaired) electrons. The number of amides is 1. The van der Waals surface area contributed by atoms with Gasteiger partial charge in [-0.05, 0) is 37.6 Å². The Morgan fingerprint density at radius 1 is 1.21 bits per heavy atom. The average molecular weight is 475 g/mol. The number of carbonyl (C=O) groups is 1. The van der Waals surface area contributed by atoms with Gasteiger partial charge < -0.3 is 5.32 Å². The molecule has 33 heavy (non-hydrogen) atoms. The summed E-state index contributed by atoms with van der Waals surface area (Å²) in [6.07, 6.45) is -4.57. The molecule has 4 rings (SSSR count). The maximum absolute atomic E-state index is 13.3. The molecular formula is C22H20F3N5O2S. The van der Waals surface area contributed by atoms with Gasteiger partial charge in [-0.1, -0.05) is 12.1 Å². The van der Waals surface area contributed by atoms with Crippen LogP contribution in [0.25, 0.3) is 16.2 Å². The maximum Gasteiger partial charge on any atom is 0.416 e. The molecule has 0 spiro atoms. The molecule has 3 heterocycles. The Hall–Kier alpha value is -3.47. The van der Waals surface area contributed by atoms with E-state index < -0.39 is 17.6 Å². The molecule has 172 valence electrons. The molecular weight excluding hydrogens is 455 g/mol. The number of halogens is 3. The highest BCUT2D eigenvalue weighted by Crippen LogP contribution is 2.29. The van der Waals surface area contributed by atoms with Gasteiger partial charge in [-0.25, -0.2) is 4.98 Å². The fourth-order valence-electron chi connectivity index (χ4n) is 3.65. The highest BCUT2D eigenvalue weighted by atomic mass is 32.1. The molecule has 7 nitrogen and oxygen atoms in total. The normalized spacial score (nSPS) is 11.8. The number of aryl methyl sites for hydroxylation is 3. The number of aromatic nitrogens is 4. The Morgan fingerprint density at radius 2 is 1.97 bits per heavy atom. The first-order valence-corrected chi connectivity index (χ1v) is 10.9. The predicted molar refractivity (Wildman–Crippen MR) is 118 cm³/mol. The van der Waals surface area contributed by atoms with E-state index in [1.165, 1.54) is 27.9 Å². The van der Waals surface area contributed by atoms with E-state index in [1.54, 1.807) is 30.1 Å². The van der Waals surface area contributed by atoms with Crippen LogP contribution in [0.5, 0.6) is 0 Å². The zero-order valence-corrected chi connectivity index (χ0v) is 18.8. The van der Waals surface area contributed by atoms with Crippen LogP contribution in [0.2, 0.25) is 0 Å². The molecule has 0 fully saturated rings. The number of alkyl halides is 3. The lowest BCUT2D eigenvalue weighted by molar-refractivity contribution is -0.137. The first-order valence-electron chi connectivity index (χ1n) is 9.98. The van der Waals surface area contributed by atoms with Crippen LogP contribution >= 0.6 is 11.3 Å². The number of rotatable bonds is 5. The molecule has 4 aromatic rings. The number of nitrogens with zero attached hydrogens (tertiary/aromatic N) is 4. The number of thiazole rings is 1. The quantitative estimate of drug-likeness (QED) is 0.478. The Labute approximate surface area is 190 Å². The lowest BCUT2D eigenvalue weighted by Crippen LogP contribution is -2.27. The minimum absolute atomic E-state index is 0.0589. The SMILES string of the molecule is Cc1cc(-c2c(C)nc3scc(CC(=O)NCc4cccc(C(F)(F)F)c4)n3c2=O)n(C)n1. The minimum atomic E-state index is -4.45. The van der Waals surface area contributed by atoms with Crippen molar-refractivity contribution in [1.82, 2.24) is 24.5 Å². The van der Waals surface area contributed by atoms with Gasteiger partial charge in [0.15, 0.2) is 4.96 Å². The second-order valence-corrected chi connectivity index (χ2v) is 8.51. The fraction of sp³-hybridized carbons (Fsp3) is 0.273. The summed E-state index contributed by atoms with van der Waals surface area (Å²) in [4.78, 5) is 30.8. The third-order valence-corrected chi connectivity index (χ3v) is 6.04. The second-order valence-electron chi connectivity index (χ2n) is 7.67. The van der Waals surface area contributed by atoms with Crippen molar-refractivity contribution in [1.29, 1.82) is 0 Å². The molecule has 3 aromatic heterocycles. The molecule has 1 aromatic carbocycles. The van der Waals surface area contributed by atoms with E-state index >= 15 is 0 Å². The van der Waals surface area contributed by atoms with Crippen molar-refractivity contribution < 1.29 is 18.0 Å². The molecule has 0 aliphatic carbocycles. The Bertz CT molecular complexity index is 1420. The van der Waals surface area contributed by atoms with Crippen molar-refractivity contribution in [3.63, 3.8) is 0 Å². The highest BCUT2D eigenvalue weighted by Gasteiger charge is 2.30. The Balaban J connectivity index is 1.58. The van der Waals surface area contributed by atoms with E-state index in [-0.39, 0.29) is 18.5 Å². The Morgan fingerprint density at radius 3 is 2.64 bits per heavy atom. The standard InChI is InChI=1S/C22H20F3N5O2S/c1-12-7-17(29(3)28-12)19-13(2)27-21-30(20(19)32)16(11-33-21)9-18(31)26-10-14-5-4-6-15(8-14)22(23,24)25/h4-8,11H,9-10H2,1-3H3,(H,26,31). The van der Waals surface area contributed by atoms with Gasteiger partial charge in [0, 0.05) is 24.7 Å². The fourth-order valence-corrected chi connectivity index (χ4v) is 4.58. The summed E-state index contributed by atoms with van der Waals surface area (Å²) in [6.45, 7) is 3.52. The van der Waals surface area contributed by atoms with Crippen LogP contribution < -0.4 is 10.9 Å². The van der Waals surface area contributed by atoms with Gasteiger partial charge in [0.2, 0.25) is 5.91 Å². The number of hydrogen-bond acceptors (Lipinski definition) is 5. The molecule has 0 saturated heterocycles.